The molecule has 2 aromatic rings. The maximum atomic E-state index is 14.6. The number of halogens is 1. The lowest BCUT2D eigenvalue weighted by Gasteiger charge is -2.36. The molecule has 36 heavy (non-hydrogen) atoms. The van der Waals surface area contributed by atoms with Crippen LogP contribution in [-0.4, -0.2) is 96.8 Å². The van der Waals surface area contributed by atoms with Crippen molar-refractivity contribution in [2.45, 2.75) is 34.2 Å². The molecule has 2 fully saturated rings. The highest BCUT2D eigenvalue weighted by Crippen LogP contribution is 2.33. The smallest absolute Gasteiger partial charge is 0.409 e. The molecule has 0 spiro atoms. The number of likely N-dealkylation sites (N-methyl/N-ethyl adjacent to an activating group) is 1. The zero-order valence-corrected chi connectivity index (χ0v) is 21.9. The van der Waals surface area contributed by atoms with Crippen molar-refractivity contribution in [1.29, 1.82) is 0 Å². The summed E-state index contributed by atoms with van der Waals surface area (Å²) in [6, 6.07) is 6.74. The van der Waals surface area contributed by atoms with Gasteiger partial charge in [-0.15, -0.1) is 0 Å². The average Bonchev–Trinajstić information content (AvgIpc) is 3.14. The van der Waals surface area contributed by atoms with Crippen LogP contribution in [0.4, 0.5) is 14.9 Å². The molecule has 0 radical (unpaired) electrons. The van der Waals surface area contributed by atoms with E-state index in [1.807, 2.05) is 24.5 Å². The van der Waals surface area contributed by atoms with E-state index in [1.165, 1.54) is 6.07 Å². The van der Waals surface area contributed by atoms with Gasteiger partial charge in [-0.2, -0.15) is 0 Å². The first-order valence-electron chi connectivity index (χ1n) is 13.0. The lowest BCUT2D eigenvalue weighted by atomic mass is 10.1. The largest absolute Gasteiger partial charge is 0.450 e. The van der Waals surface area contributed by atoms with Gasteiger partial charge >= 0.3 is 6.09 Å². The van der Waals surface area contributed by atoms with Crippen LogP contribution < -0.4 is 4.90 Å². The monoisotopic (exact) mass is 499 g/mol. The molecule has 2 amide bonds. The number of aromatic nitrogens is 1. The quantitative estimate of drug-likeness (QED) is 0.610. The number of carbonyl (C=O) groups excluding carboxylic acids is 2. The van der Waals surface area contributed by atoms with E-state index in [9.17, 15) is 14.0 Å². The van der Waals surface area contributed by atoms with Crippen molar-refractivity contribution in [3.8, 4) is 0 Å². The standard InChI is InChI=1S/C27H38FN5O3/c1-5-29-11-13-30(14-12-29)24-20(3)25(33(21(24)4)19-22-9-7-8-10-23(22)28)26(34)31-15-17-32(18-16-31)27(35)36-6-2/h7-10H,5-6,11-19H2,1-4H3. The summed E-state index contributed by atoms with van der Waals surface area (Å²) in [5.41, 5.74) is 4.16. The Kier molecular flexibility index (Phi) is 8.18. The Morgan fingerprint density at radius 2 is 1.56 bits per heavy atom. The summed E-state index contributed by atoms with van der Waals surface area (Å²) in [7, 11) is 0. The first-order valence-corrected chi connectivity index (χ1v) is 13.0. The van der Waals surface area contributed by atoms with Gasteiger partial charge in [0, 0.05) is 69.2 Å². The Morgan fingerprint density at radius 1 is 0.917 bits per heavy atom. The third-order valence-corrected chi connectivity index (χ3v) is 7.45. The number of anilines is 1. The molecule has 1 aromatic carbocycles. The topological polar surface area (TPSA) is 61.3 Å². The Labute approximate surface area is 213 Å². The SMILES string of the molecule is CCOC(=O)N1CCN(C(=O)c2c(C)c(N3CCN(CC)CC3)c(C)n2Cc2ccccc2F)CC1. The highest BCUT2D eigenvalue weighted by Gasteiger charge is 2.32. The van der Waals surface area contributed by atoms with Crippen molar-refractivity contribution in [2.24, 2.45) is 0 Å². The molecule has 3 heterocycles. The maximum absolute atomic E-state index is 14.6. The second-order valence-electron chi connectivity index (χ2n) is 9.48. The van der Waals surface area contributed by atoms with Gasteiger partial charge < -0.3 is 28.9 Å². The van der Waals surface area contributed by atoms with Gasteiger partial charge in [-0.1, -0.05) is 25.1 Å². The van der Waals surface area contributed by atoms with Crippen LogP contribution in [0, 0.1) is 19.7 Å². The molecule has 2 aliphatic heterocycles. The second-order valence-corrected chi connectivity index (χ2v) is 9.48. The van der Waals surface area contributed by atoms with Gasteiger partial charge in [-0.05, 0) is 33.4 Å². The number of amides is 2. The normalized spacial score (nSPS) is 17.0. The Hall–Kier alpha value is -3.07. The number of ether oxygens (including phenoxy) is 1. The fourth-order valence-corrected chi connectivity index (χ4v) is 5.36. The predicted octanol–water partition coefficient (Wildman–Crippen LogP) is 3.35. The van der Waals surface area contributed by atoms with E-state index >= 15 is 0 Å². The van der Waals surface area contributed by atoms with Crippen molar-refractivity contribution in [2.75, 3.05) is 70.4 Å². The lowest BCUT2D eigenvalue weighted by molar-refractivity contribution is 0.0561. The Morgan fingerprint density at radius 3 is 2.17 bits per heavy atom. The molecular weight excluding hydrogens is 461 g/mol. The molecule has 0 aliphatic carbocycles. The van der Waals surface area contributed by atoms with Crippen molar-refractivity contribution >= 4 is 17.7 Å². The van der Waals surface area contributed by atoms with Crippen LogP contribution in [0.1, 0.15) is 41.2 Å². The van der Waals surface area contributed by atoms with Crippen LogP contribution in [0.3, 0.4) is 0 Å². The van der Waals surface area contributed by atoms with Crippen molar-refractivity contribution < 1.29 is 18.7 Å². The Balaban J connectivity index is 1.64. The molecule has 4 rings (SSSR count). The van der Waals surface area contributed by atoms with E-state index in [0.717, 1.165) is 49.7 Å². The van der Waals surface area contributed by atoms with Gasteiger partial charge in [0.15, 0.2) is 0 Å². The highest BCUT2D eigenvalue weighted by atomic mass is 19.1. The van der Waals surface area contributed by atoms with Crippen LogP contribution in [-0.2, 0) is 11.3 Å². The number of hydrogen-bond donors (Lipinski definition) is 0. The van der Waals surface area contributed by atoms with Gasteiger partial charge in [0.05, 0.1) is 18.8 Å². The number of hydrogen-bond acceptors (Lipinski definition) is 5. The van der Waals surface area contributed by atoms with E-state index in [4.69, 9.17) is 4.74 Å². The van der Waals surface area contributed by atoms with E-state index in [2.05, 4.69) is 16.7 Å². The van der Waals surface area contributed by atoms with Gasteiger partial charge in [0.2, 0.25) is 0 Å². The fourth-order valence-electron chi connectivity index (χ4n) is 5.36. The van der Waals surface area contributed by atoms with Crippen LogP contribution in [0.25, 0.3) is 0 Å². The number of benzene rings is 1. The van der Waals surface area contributed by atoms with E-state index in [1.54, 1.807) is 28.9 Å². The zero-order valence-electron chi connectivity index (χ0n) is 21.9. The second kappa shape index (κ2) is 11.3. The maximum Gasteiger partial charge on any atom is 0.409 e. The molecule has 196 valence electrons. The van der Waals surface area contributed by atoms with E-state index in [0.29, 0.717) is 44.0 Å². The first-order chi connectivity index (χ1) is 17.3. The molecule has 0 atom stereocenters. The summed E-state index contributed by atoms with van der Waals surface area (Å²) >= 11 is 0. The molecule has 0 unspecified atom stereocenters. The van der Waals surface area contributed by atoms with Gasteiger partial charge in [-0.3, -0.25) is 4.79 Å². The summed E-state index contributed by atoms with van der Waals surface area (Å²) in [6.45, 7) is 15.1. The summed E-state index contributed by atoms with van der Waals surface area (Å²) in [5.74, 6) is -0.350. The number of rotatable bonds is 6. The molecule has 8 nitrogen and oxygen atoms in total. The minimum absolute atomic E-state index is 0.0751. The number of piperazine rings is 2. The van der Waals surface area contributed by atoms with Crippen LogP contribution >= 0.6 is 0 Å². The minimum atomic E-state index is -0.340. The van der Waals surface area contributed by atoms with Crippen molar-refractivity contribution in [3.05, 3.63) is 52.6 Å². The number of nitrogens with zero attached hydrogens (tertiary/aromatic N) is 5. The summed E-state index contributed by atoms with van der Waals surface area (Å²) in [6.07, 6.45) is -0.340. The first kappa shape index (κ1) is 26.0. The van der Waals surface area contributed by atoms with Gasteiger partial charge in [0.25, 0.3) is 5.91 Å². The molecule has 0 saturated carbocycles. The zero-order chi connectivity index (χ0) is 25.8. The molecule has 2 saturated heterocycles. The predicted molar refractivity (Wildman–Crippen MR) is 138 cm³/mol. The third-order valence-electron chi connectivity index (χ3n) is 7.45. The average molecular weight is 500 g/mol. The molecule has 1 aromatic heterocycles. The molecule has 2 aliphatic rings. The number of carbonyl (C=O) groups is 2. The third kappa shape index (κ3) is 5.21. The van der Waals surface area contributed by atoms with Crippen LogP contribution in [0.5, 0.6) is 0 Å². The molecule has 0 N–H and O–H groups in total. The summed E-state index contributed by atoms with van der Waals surface area (Å²) in [5, 5.41) is 0. The molecule has 0 bridgehead atoms. The van der Waals surface area contributed by atoms with Crippen LogP contribution in [0.2, 0.25) is 0 Å². The minimum Gasteiger partial charge on any atom is -0.450 e. The molecular formula is C27H38FN5O3. The van der Waals surface area contributed by atoms with Gasteiger partial charge in [0.1, 0.15) is 11.5 Å². The van der Waals surface area contributed by atoms with Crippen molar-refractivity contribution in [1.82, 2.24) is 19.3 Å². The van der Waals surface area contributed by atoms with E-state index in [-0.39, 0.29) is 24.4 Å². The lowest BCUT2D eigenvalue weighted by Crippen LogP contribution is -2.51. The van der Waals surface area contributed by atoms with E-state index < -0.39 is 0 Å². The van der Waals surface area contributed by atoms with Crippen molar-refractivity contribution in [3.63, 3.8) is 0 Å². The summed E-state index contributed by atoms with van der Waals surface area (Å²) < 4.78 is 21.7. The molecule has 9 heteroatoms. The highest BCUT2D eigenvalue weighted by molar-refractivity contribution is 5.97. The van der Waals surface area contributed by atoms with Crippen LogP contribution in [0.15, 0.2) is 24.3 Å². The van der Waals surface area contributed by atoms with Gasteiger partial charge in [-0.25, -0.2) is 9.18 Å². The fraction of sp³-hybridized carbons (Fsp3) is 0.556. The Bertz CT molecular complexity index is 1090. The summed E-state index contributed by atoms with van der Waals surface area (Å²) in [4.78, 5) is 34.3.